The Balaban J connectivity index is 1.66. The fraction of sp³-hybridized carbons (Fsp3) is 0.381. The van der Waals surface area contributed by atoms with Crippen LogP contribution in [0.5, 0.6) is 5.75 Å². The molecular weight excluding hydrogens is 412 g/mol. The van der Waals surface area contributed by atoms with E-state index in [2.05, 4.69) is 12.2 Å². The minimum atomic E-state index is -3.73. The number of carbonyl (C=O) groups excluding carboxylic acids is 1. The average Bonchev–Trinajstić information content (AvgIpc) is 3.15. The normalized spacial score (nSPS) is 13.2. The van der Waals surface area contributed by atoms with Gasteiger partial charge in [-0.2, -0.15) is 0 Å². The molecule has 1 aliphatic rings. The van der Waals surface area contributed by atoms with Crippen molar-refractivity contribution in [1.29, 1.82) is 0 Å². The van der Waals surface area contributed by atoms with Crippen LogP contribution >= 0.6 is 11.6 Å². The highest BCUT2D eigenvalue weighted by atomic mass is 35.5. The predicted octanol–water partition coefficient (Wildman–Crippen LogP) is 3.78. The fourth-order valence-electron chi connectivity index (χ4n) is 3.24. The second-order valence-electron chi connectivity index (χ2n) is 6.89. The van der Waals surface area contributed by atoms with Crippen molar-refractivity contribution in [3.8, 4) is 5.75 Å². The lowest BCUT2D eigenvalue weighted by molar-refractivity contribution is -0.123. The maximum absolute atomic E-state index is 13.1. The minimum Gasteiger partial charge on any atom is -0.482 e. The molecule has 0 unspecified atom stereocenters. The van der Waals surface area contributed by atoms with E-state index in [1.54, 1.807) is 6.07 Å². The Morgan fingerprint density at radius 1 is 1.21 bits per heavy atom. The van der Waals surface area contributed by atoms with Crippen LogP contribution in [0.3, 0.4) is 0 Å². The zero-order chi connectivity index (χ0) is 20.9. The van der Waals surface area contributed by atoms with Crippen LogP contribution in [-0.2, 0) is 21.2 Å². The van der Waals surface area contributed by atoms with Gasteiger partial charge in [-0.3, -0.25) is 9.10 Å². The molecule has 0 spiro atoms. The third kappa shape index (κ3) is 5.03. The number of para-hydroxylation sites is 1. The van der Waals surface area contributed by atoms with E-state index < -0.39 is 10.0 Å². The van der Waals surface area contributed by atoms with Gasteiger partial charge < -0.3 is 10.1 Å². The molecule has 6 nitrogen and oxygen atoms in total. The molecule has 156 valence electrons. The van der Waals surface area contributed by atoms with Crippen LogP contribution in [-0.4, -0.2) is 34.0 Å². The third-order valence-electron chi connectivity index (χ3n) is 4.80. The first-order chi connectivity index (χ1) is 13.9. The van der Waals surface area contributed by atoms with Crippen LogP contribution < -0.4 is 14.4 Å². The van der Waals surface area contributed by atoms with Crippen molar-refractivity contribution >= 4 is 33.2 Å². The zero-order valence-electron chi connectivity index (χ0n) is 16.4. The van der Waals surface area contributed by atoms with Crippen molar-refractivity contribution in [2.45, 2.75) is 37.5 Å². The first-order valence-corrected chi connectivity index (χ1v) is 11.5. The highest BCUT2D eigenvalue weighted by molar-refractivity contribution is 7.92. The van der Waals surface area contributed by atoms with Crippen molar-refractivity contribution in [3.05, 3.63) is 53.1 Å². The van der Waals surface area contributed by atoms with Crippen LogP contribution in [0.2, 0.25) is 5.02 Å². The van der Waals surface area contributed by atoms with Gasteiger partial charge in [0.15, 0.2) is 6.61 Å². The monoisotopic (exact) mass is 436 g/mol. The molecule has 1 amide bonds. The van der Waals surface area contributed by atoms with E-state index in [4.69, 9.17) is 16.3 Å². The van der Waals surface area contributed by atoms with E-state index in [0.29, 0.717) is 25.2 Å². The summed E-state index contributed by atoms with van der Waals surface area (Å²) in [6, 6.07) is 11.8. The summed E-state index contributed by atoms with van der Waals surface area (Å²) < 4.78 is 33.0. The zero-order valence-corrected chi connectivity index (χ0v) is 17.9. The second-order valence-corrected chi connectivity index (χ2v) is 9.16. The summed E-state index contributed by atoms with van der Waals surface area (Å²) >= 11 is 6.23. The average molecular weight is 437 g/mol. The highest BCUT2D eigenvalue weighted by Crippen LogP contribution is 2.34. The van der Waals surface area contributed by atoms with Crippen molar-refractivity contribution in [1.82, 2.24) is 5.32 Å². The van der Waals surface area contributed by atoms with Gasteiger partial charge in [0.05, 0.1) is 15.6 Å². The number of carbonyl (C=O) groups is 1. The second kappa shape index (κ2) is 9.50. The molecule has 1 N–H and O–H groups in total. The largest absolute Gasteiger partial charge is 0.482 e. The number of anilines is 1. The van der Waals surface area contributed by atoms with E-state index in [1.807, 2.05) is 18.2 Å². The molecule has 29 heavy (non-hydrogen) atoms. The molecule has 3 rings (SSSR count). The predicted molar refractivity (Wildman–Crippen MR) is 114 cm³/mol. The van der Waals surface area contributed by atoms with E-state index in [-0.39, 0.29) is 28.2 Å². The fourth-order valence-corrected chi connectivity index (χ4v) is 5.07. The number of fused-ring (bicyclic) bond motifs is 1. The van der Waals surface area contributed by atoms with E-state index in [1.165, 1.54) is 22.5 Å². The summed E-state index contributed by atoms with van der Waals surface area (Å²) in [6.07, 6.45) is 3.75. The Hall–Kier alpha value is -2.25. The summed E-state index contributed by atoms with van der Waals surface area (Å²) in [5.74, 6) is 0.0405. The number of hydrogen-bond donors (Lipinski definition) is 1. The molecule has 0 saturated carbocycles. The number of nitrogens with one attached hydrogen (secondary N) is 1. The summed E-state index contributed by atoms with van der Waals surface area (Å²) in [7, 11) is -3.73. The van der Waals surface area contributed by atoms with Crippen molar-refractivity contribution in [2.24, 2.45) is 0 Å². The summed E-state index contributed by atoms with van der Waals surface area (Å²) in [5.41, 5.74) is 1.70. The van der Waals surface area contributed by atoms with Gasteiger partial charge in [0.25, 0.3) is 15.9 Å². The van der Waals surface area contributed by atoms with E-state index >= 15 is 0 Å². The van der Waals surface area contributed by atoms with Gasteiger partial charge in [-0.1, -0.05) is 49.6 Å². The molecule has 1 heterocycles. The van der Waals surface area contributed by atoms with Crippen LogP contribution in [0, 0.1) is 0 Å². The van der Waals surface area contributed by atoms with Gasteiger partial charge in [0.1, 0.15) is 5.75 Å². The van der Waals surface area contributed by atoms with Crippen LogP contribution in [0.25, 0.3) is 0 Å². The Morgan fingerprint density at radius 2 is 2.00 bits per heavy atom. The van der Waals surface area contributed by atoms with E-state index in [0.717, 1.165) is 24.8 Å². The topological polar surface area (TPSA) is 75.7 Å². The first-order valence-electron chi connectivity index (χ1n) is 9.73. The highest BCUT2D eigenvalue weighted by Gasteiger charge is 2.31. The maximum atomic E-state index is 13.1. The van der Waals surface area contributed by atoms with Gasteiger partial charge in [0.2, 0.25) is 0 Å². The van der Waals surface area contributed by atoms with Crippen molar-refractivity contribution in [2.75, 3.05) is 24.0 Å². The maximum Gasteiger partial charge on any atom is 0.264 e. The molecule has 0 aromatic heterocycles. The quantitative estimate of drug-likeness (QED) is 0.607. The standard InChI is InChI=1S/C21H25ClN2O4S/c1-2-3-6-12-23-21(25)15-28-20-10-9-17(14-18(20)22)29(26,27)24-13-11-16-7-4-5-8-19(16)24/h4-5,7-10,14H,2-3,6,11-13,15H2,1H3,(H,23,25). The van der Waals surface area contributed by atoms with Crippen LogP contribution in [0.15, 0.2) is 47.4 Å². The van der Waals surface area contributed by atoms with Crippen LogP contribution in [0.4, 0.5) is 5.69 Å². The minimum absolute atomic E-state index is 0.0931. The Labute approximate surface area is 176 Å². The molecule has 0 bridgehead atoms. The number of unbranched alkanes of at least 4 members (excludes halogenated alkanes) is 2. The lowest BCUT2D eigenvalue weighted by Gasteiger charge is -2.20. The Morgan fingerprint density at radius 3 is 2.76 bits per heavy atom. The van der Waals surface area contributed by atoms with Crippen molar-refractivity contribution in [3.63, 3.8) is 0 Å². The molecule has 0 saturated heterocycles. The van der Waals surface area contributed by atoms with Gasteiger partial charge in [0, 0.05) is 13.1 Å². The van der Waals surface area contributed by atoms with E-state index in [9.17, 15) is 13.2 Å². The molecule has 0 atom stereocenters. The number of rotatable bonds is 9. The van der Waals surface area contributed by atoms with Gasteiger partial charge in [-0.15, -0.1) is 0 Å². The third-order valence-corrected chi connectivity index (χ3v) is 6.90. The number of nitrogens with zero attached hydrogens (tertiary/aromatic N) is 1. The summed E-state index contributed by atoms with van der Waals surface area (Å²) in [4.78, 5) is 11.9. The Bertz CT molecular complexity index is 978. The van der Waals surface area contributed by atoms with Gasteiger partial charge >= 0.3 is 0 Å². The lowest BCUT2D eigenvalue weighted by atomic mass is 10.2. The van der Waals surface area contributed by atoms with Crippen molar-refractivity contribution < 1.29 is 17.9 Å². The molecular formula is C21H25ClN2O4S. The lowest BCUT2D eigenvalue weighted by Crippen LogP contribution is -2.30. The number of benzene rings is 2. The smallest absolute Gasteiger partial charge is 0.264 e. The first kappa shape index (κ1) is 21.5. The SMILES string of the molecule is CCCCCNC(=O)COc1ccc(S(=O)(=O)N2CCc3ccccc32)cc1Cl. The van der Waals surface area contributed by atoms with Crippen LogP contribution in [0.1, 0.15) is 31.7 Å². The summed E-state index contributed by atoms with van der Waals surface area (Å²) in [6.45, 7) is 2.94. The number of sulfonamides is 1. The number of amides is 1. The number of ether oxygens (including phenoxy) is 1. The number of halogens is 1. The molecule has 0 aliphatic carbocycles. The molecule has 1 aliphatic heterocycles. The molecule has 0 radical (unpaired) electrons. The summed E-state index contributed by atoms with van der Waals surface area (Å²) in [5, 5.41) is 2.93. The Kier molecular flexibility index (Phi) is 7.03. The van der Waals surface area contributed by atoms with Gasteiger partial charge in [-0.05, 0) is 42.7 Å². The molecule has 8 heteroatoms. The molecule has 2 aromatic carbocycles. The molecule has 0 fully saturated rings. The molecule has 2 aromatic rings. The number of hydrogen-bond acceptors (Lipinski definition) is 4. The van der Waals surface area contributed by atoms with Gasteiger partial charge in [-0.25, -0.2) is 8.42 Å².